The molecular formula is C14H20ClN. The van der Waals surface area contributed by atoms with Gasteiger partial charge in [0.05, 0.1) is 0 Å². The monoisotopic (exact) mass is 237 g/mol. The van der Waals surface area contributed by atoms with Gasteiger partial charge in [0.25, 0.3) is 0 Å². The molecule has 0 bridgehead atoms. The Morgan fingerprint density at radius 3 is 2.88 bits per heavy atom. The number of halogens is 1. The van der Waals surface area contributed by atoms with Crippen LogP contribution in [0.25, 0.3) is 0 Å². The summed E-state index contributed by atoms with van der Waals surface area (Å²) in [5.74, 6) is 1.56. The summed E-state index contributed by atoms with van der Waals surface area (Å²) in [6.45, 7) is 2.27. The van der Waals surface area contributed by atoms with Crippen LogP contribution in [0.4, 0.5) is 0 Å². The van der Waals surface area contributed by atoms with Crippen LogP contribution in [-0.2, 0) is 6.42 Å². The summed E-state index contributed by atoms with van der Waals surface area (Å²) in [4.78, 5) is 0. The van der Waals surface area contributed by atoms with Gasteiger partial charge in [-0.15, -0.1) is 11.6 Å². The van der Waals surface area contributed by atoms with E-state index in [0.29, 0.717) is 0 Å². The summed E-state index contributed by atoms with van der Waals surface area (Å²) in [6, 6.07) is 8.78. The van der Waals surface area contributed by atoms with Gasteiger partial charge in [0.1, 0.15) is 0 Å². The minimum absolute atomic E-state index is 0.754. The van der Waals surface area contributed by atoms with E-state index in [1.54, 1.807) is 5.56 Å². The lowest BCUT2D eigenvalue weighted by molar-refractivity contribution is 0.522. The number of nitrogens with one attached hydrogen (secondary N) is 1. The fraction of sp³-hybridized carbons (Fsp3) is 0.571. The van der Waals surface area contributed by atoms with Crippen molar-refractivity contribution in [3.05, 3.63) is 35.4 Å². The van der Waals surface area contributed by atoms with Gasteiger partial charge in [0, 0.05) is 18.3 Å². The van der Waals surface area contributed by atoms with E-state index in [1.165, 1.54) is 24.8 Å². The van der Waals surface area contributed by atoms with Crippen LogP contribution in [0.15, 0.2) is 24.3 Å². The molecule has 0 heterocycles. The molecule has 0 radical (unpaired) electrons. The van der Waals surface area contributed by atoms with Gasteiger partial charge in [-0.05, 0) is 36.9 Å². The van der Waals surface area contributed by atoms with Crippen molar-refractivity contribution in [1.29, 1.82) is 0 Å². The quantitative estimate of drug-likeness (QED) is 0.567. The number of rotatable bonds is 7. The van der Waals surface area contributed by atoms with Crippen molar-refractivity contribution in [3.63, 3.8) is 0 Å². The lowest BCUT2D eigenvalue weighted by Crippen LogP contribution is -2.29. The van der Waals surface area contributed by atoms with Crippen molar-refractivity contribution in [2.45, 2.75) is 31.6 Å². The summed E-state index contributed by atoms with van der Waals surface area (Å²) >= 11 is 5.63. The molecule has 0 aliphatic heterocycles. The Morgan fingerprint density at radius 1 is 1.19 bits per heavy atom. The molecule has 1 aliphatic rings. The van der Waals surface area contributed by atoms with E-state index in [-0.39, 0.29) is 0 Å². The minimum Gasteiger partial charge on any atom is -0.316 e. The molecule has 1 N–H and O–H groups in total. The second kappa shape index (κ2) is 6.27. The van der Waals surface area contributed by atoms with Gasteiger partial charge >= 0.3 is 0 Å². The average Bonchev–Trinajstić information content (AvgIpc) is 2.28. The third-order valence-corrected chi connectivity index (χ3v) is 3.61. The van der Waals surface area contributed by atoms with Crippen molar-refractivity contribution in [2.75, 3.05) is 19.0 Å². The molecule has 0 saturated carbocycles. The second-order valence-corrected chi connectivity index (χ2v) is 4.93. The Balaban J connectivity index is 1.59. The van der Waals surface area contributed by atoms with Crippen LogP contribution in [0, 0.1) is 0 Å². The molecule has 1 unspecified atom stereocenters. The molecular weight excluding hydrogens is 218 g/mol. The summed E-state index contributed by atoms with van der Waals surface area (Å²) in [5.41, 5.74) is 3.09. The number of hydrogen-bond acceptors (Lipinski definition) is 1. The number of unbranched alkanes of at least 4 members (excludes halogenated alkanes) is 2. The van der Waals surface area contributed by atoms with E-state index in [4.69, 9.17) is 11.6 Å². The van der Waals surface area contributed by atoms with Crippen molar-refractivity contribution in [1.82, 2.24) is 5.32 Å². The number of alkyl halides is 1. The first-order valence-electron chi connectivity index (χ1n) is 6.26. The molecule has 0 amide bonds. The highest BCUT2D eigenvalue weighted by Crippen LogP contribution is 2.33. The van der Waals surface area contributed by atoms with E-state index in [0.717, 1.165) is 31.3 Å². The van der Waals surface area contributed by atoms with Gasteiger partial charge < -0.3 is 5.32 Å². The molecule has 0 fully saturated rings. The Bertz CT molecular complexity index is 324. The van der Waals surface area contributed by atoms with Crippen molar-refractivity contribution >= 4 is 11.6 Å². The molecule has 2 rings (SSSR count). The van der Waals surface area contributed by atoms with E-state index < -0.39 is 0 Å². The molecule has 0 aromatic heterocycles. The molecule has 1 aromatic carbocycles. The highest BCUT2D eigenvalue weighted by molar-refractivity contribution is 6.17. The van der Waals surface area contributed by atoms with Crippen LogP contribution < -0.4 is 5.32 Å². The summed E-state index contributed by atoms with van der Waals surface area (Å²) < 4.78 is 0. The normalized spacial score (nSPS) is 17.9. The third-order valence-electron chi connectivity index (χ3n) is 3.34. The zero-order valence-electron chi connectivity index (χ0n) is 9.71. The maximum Gasteiger partial charge on any atom is 0.0223 e. The summed E-state index contributed by atoms with van der Waals surface area (Å²) in [7, 11) is 0. The van der Waals surface area contributed by atoms with Crippen molar-refractivity contribution in [3.8, 4) is 0 Å². The van der Waals surface area contributed by atoms with Crippen LogP contribution in [-0.4, -0.2) is 19.0 Å². The van der Waals surface area contributed by atoms with E-state index in [2.05, 4.69) is 29.6 Å². The van der Waals surface area contributed by atoms with Gasteiger partial charge in [-0.1, -0.05) is 30.7 Å². The molecule has 1 atom stereocenters. The lowest BCUT2D eigenvalue weighted by atomic mass is 9.77. The molecule has 0 spiro atoms. The van der Waals surface area contributed by atoms with Crippen molar-refractivity contribution in [2.24, 2.45) is 0 Å². The summed E-state index contributed by atoms with van der Waals surface area (Å²) in [6.07, 6.45) is 4.90. The average molecular weight is 238 g/mol. The predicted octanol–water partition coefficient (Wildman–Crippen LogP) is 3.33. The molecule has 1 nitrogen and oxygen atoms in total. The van der Waals surface area contributed by atoms with Gasteiger partial charge in [-0.3, -0.25) is 0 Å². The SMILES string of the molecule is ClCCCCCNCC1Cc2ccccc21. The Kier molecular flexibility index (Phi) is 4.68. The molecule has 1 aliphatic carbocycles. The summed E-state index contributed by atoms with van der Waals surface area (Å²) in [5, 5.41) is 3.54. The zero-order valence-corrected chi connectivity index (χ0v) is 10.5. The minimum atomic E-state index is 0.754. The molecule has 88 valence electrons. The van der Waals surface area contributed by atoms with Crippen LogP contribution in [0.5, 0.6) is 0 Å². The van der Waals surface area contributed by atoms with E-state index >= 15 is 0 Å². The molecule has 2 heteroatoms. The fourth-order valence-electron chi connectivity index (χ4n) is 2.34. The second-order valence-electron chi connectivity index (χ2n) is 4.55. The predicted molar refractivity (Wildman–Crippen MR) is 70.3 cm³/mol. The standard InChI is InChI=1S/C14H20ClN/c15-8-4-1-5-9-16-11-13-10-12-6-2-3-7-14(12)13/h2-3,6-7,13,16H,1,4-5,8-11H2. The molecule has 16 heavy (non-hydrogen) atoms. The van der Waals surface area contributed by atoms with E-state index in [9.17, 15) is 0 Å². The number of benzene rings is 1. The molecule has 0 saturated heterocycles. The first-order chi connectivity index (χ1) is 7.92. The smallest absolute Gasteiger partial charge is 0.0223 e. The Labute approximate surface area is 103 Å². The van der Waals surface area contributed by atoms with Crippen LogP contribution in [0.2, 0.25) is 0 Å². The van der Waals surface area contributed by atoms with Gasteiger partial charge in [0.15, 0.2) is 0 Å². The molecule has 1 aromatic rings. The lowest BCUT2D eigenvalue weighted by Gasteiger charge is -2.30. The topological polar surface area (TPSA) is 12.0 Å². The van der Waals surface area contributed by atoms with Crippen LogP contribution in [0.1, 0.15) is 36.3 Å². The van der Waals surface area contributed by atoms with Crippen molar-refractivity contribution < 1.29 is 0 Å². The number of fused-ring (bicyclic) bond motifs is 1. The van der Waals surface area contributed by atoms with Crippen LogP contribution >= 0.6 is 11.6 Å². The van der Waals surface area contributed by atoms with Gasteiger partial charge in [-0.2, -0.15) is 0 Å². The maximum atomic E-state index is 5.63. The Hall–Kier alpha value is -0.530. The van der Waals surface area contributed by atoms with E-state index in [1.807, 2.05) is 0 Å². The highest BCUT2D eigenvalue weighted by atomic mass is 35.5. The Morgan fingerprint density at radius 2 is 2.06 bits per heavy atom. The van der Waals surface area contributed by atoms with Gasteiger partial charge in [0.2, 0.25) is 0 Å². The first-order valence-corrected chi connectivity index (χ1v) is 6.79. The zero-order chi connectivity index (χ0) is 11.2. The van der Waals surface area contributed by atoms with Crippen LogP contribution in [0.3, 0.4) is 0 Å². The first kappa shape index (κ1) is 11.9. The largest absolute Gasteiger partial charge is 0.316 e. The fourth-order valence-corrected chi connectivity index (χ4v) is 2.53. The number of hydrogen-bond donors (Lipinski definition) is 1. The highest BCUT2D eigenvalue weighted by Gasteiger charge is 2.24. The third kappa shape index (κ3) is 2.99. The van der Waals surface area contributed by atoms with Gasteiger partial charge in [-0.25, -0.2) is 0 Å². The maximum absolute atomic E-state index is 5.63.